The number of hydrogen-bond acceptors (Lipinski definition) is 2. The fourth-order valence-corrected chi connectivity index (χ4v) is 2.82. The maximum absolute atomic E-state index is 6.01. The molecular formula is C17H17NOS. The zero-order valence-electron chi connectivity index (χ0n) is 11.5. The minimum atomic E-state index is 0.362. The molecule has 3 heteroatoms. The summed E-state index contributed by atoms with van der Waals surface area (Å²) in [6.07, 6.45) is 3.56. The van der Waals surface area contributed by atoms with E-state index in [0.29, 0.717) is 4.99 Å². The van der Waals surface area contributed by atoms with Crippen molar-refractivity contribution in [2.24, 2.45) is 5.73 Å². The lowest BCUT2D eigenvalue weighted by molar-refractivity contribution is 0.480. The van der Waals surface area contributed by atoms with Crippen LogP contribution in [0.2, 0.25) is 0 Å². The number of benzene rings is 2. The van der Waals surface area contributed by atoms with Crippen molar-refractivity contribution in [2.75, 3.05) is 0 Å². The van der Waals surface area contributed by atoms with Crippen LogP contribution in [-0.4, -0.2) is 4.99 Å². The molecule has 0 bridgehead atoms. The molecule has 0 aromatic heterocycles. The monoisotopic (exact) mass is 283 g/mol. The van der Waals surface area contributed by atoms with Crippen molar-refractivity contribution < 1.29 is 4.74 Å². The average molecular weight is 283 g/mol. The predicted octanol–water partition coefficient (Wildman–Crippen LogP) is 3.91. The molecule has 3 rings (SSSR count). The van der Waals surface area contributed by atoms with Crippen LogP contribution < -0.4 is 10.5 Å². The largest absolute Gasteiger partial charge is 0.457 e. The van der Waals surface area contributed by atoms with Gasteiger partial charge in [0.05, 0.1) is 5.56 Å². The molecule has 2 N–H and O–H groups in total. The van der Waals surface area contributed by atoms with Gasteiger partial charge < -0.3 is 10.5 Å². The fraction of sp³-hybridized carbons (Fsp3) is 0.235. The average Bonchev–Trinajstić information content (AvgIpc) is 2.85. The van der Waals surface area contributed by atoms with Crippen molar-refractivity contribution in [3.8, 4) is 11.5 Å². The van der Waals surface area contributed by atoms with E-state index >= 15 is 0 Å². The molecule has 2 nitrogen and oxygen atoms in total. The third kappa shape index (κ3) is 2.54. The Morgan fingerprint density at radius 2 is 1.90 bits per heavy atom. The fourth-order valence-electron chi connectivity index (χ4n) is 2.66. The van der Waals surface area contributed by atoms with Gasteiger partial charge in [-0.25, -0.2) is 0 Å². The van der Waals surface area contributed by atoms with Gasteiger partial charge in [0.25, 0.3) is 0 Å². The molecule has 0 unspecified atom stereocenters. The molecule has 1 aliphatic carbocycles. The Labute approximate surface area is 124 Å². The minimum Gasteiger partial charge on any atom is -0.457 e. The van der Waals surface area contributed by atoms with Gasteiger partial charge in [0.1, 0.15) is 16.5 Å². The number of aryl methyl sites for hydroxylation is 3. The first-order chi connectivity index (χ1) is 9.63. The van der Waals surface area contributed by atoms with Gasteiger partial charge in [-0.15, -0.1) is 0 Å². The van der Waals surface area contributed by atoms with Gasteiger partial charge in [-0.05, 0) is 67.1 Å². The molecule has 0 heterocycles. The van der Waals surface area contributed by atoms with Crippen LogP contribution in [0.5, 0.6) is 11.5 Å². The van der Waals surface area contributed by atoms with Crippen LogP contribution in [0, 0.1) is 6.92 Å². The predicted molar refractivity (Wildman–Crippen MR) is 85.6 cm³/mol. The smallest absolute Gasteiger partial charge is 0.137 e. The van der Waals surface area contributed by atoms with Crippen molar-refractivity contribution >= 4 is 17.2 Å². The van der Waals surface area contributed by atoms with E-state index in [4.69, 9.17) is 22.7 Å². The van der Waals surface area contributed by atoms with Gasteiger partial charge in [-0.2, -0.15) is 0 Å². The molecule has 102 valence electrons. The summed E-state index contributed by atoms with van der Waals surface area (Å²) in [7, 11) is 0. The first kappa shape index (κ1) is 13.1. The maximum Gasteiger partial charge on any atom is 0.137 e. The summed E-state index contributed by atoms with van der Waals surface area (Å²) in [4.78, 5) is 0.362. The van der Waals surface area contributed by atoms with E-state index < -0.39 is 0 Å². The van der Waals surface area contributed by atoms with Crippen molar-refractivity contribution in [1.82, 2.24) is 0 Å². The molecule has 0 atom stereocenters. The number of thiocarbonyl (C=S) groups is 1. The van der Waals surface area contributed by atoms with Crippen LogP contribution in [0.25, 0.3) is 0 Å². The molecule has 0 fully saturated rings. The van der Waals surface area contributed by atoms with E-state index in [1.165, 1.54) is 24.0 Å². The SMILES string of the molecule is Cc1ccc(C(N)=S)c(Oc2ccc3c(c2)CCC3)c1. The quantitative estimate of drug-likeness (QED) is 0.867. The summed E-state index contributed by atoms with van der Waals surface area (Å²) in [5.74, 6) is 1.59. The van der Waals surface area contributed by atoms with Crippen LogP contribution in [-0.2, 0) is 12.8 Å². The minimum absolute atomic E-state index is 0.362. The second-order valence-electron chi connectivity index (χ2n) is 5.25. The zero-order chi connectivity index (χ0) is 14.1. The molecule has 1 aliphatic rings. The first-order valence-corrected chi connectivity index (χ1v) is 7.24. The Balaban J connectivity index is 1.95. The van der Waals surface area contributed by atoms with E-state index in [-0.39, 0.29) is 0 Å². The van der Waals surface area contributed by atoms with E-state index in [0.717, 1.165) is 29.0 Å². The topological polar surface area (TPSA) is 35.2 Å². The maximum atomic E-state index is 6.01. The van der Waals surface area contributed by atoms with E-state index in [9.17, 15) is 0 Å². The van der Waals surface area contributed by atoms with Crippen LogP contribution in [0.15, 0.2) is 36.4 Å². The van der Waals surface area contributed by atoms with Crippen LogP contribution in [0.4, 0.5) is 0 Å². The normalized spacial score (nSPS) is 13.1. The van der Waals surface area contributed by atoms with E-state index in [2.05, 4.69) is 12.1 Å². The van der Waals surface area contributed by atoms with E-state index in [1.807, 2.05) is 31.2 Å². The van der Waals surface area contributed by atoms with Crippen LogP contribution in [0.1, 0.15) is 28.7 Å². The highest BCUT2D eigenvalue weighted by atomic mass is 32.1. The summed E-state index contributed by atoms with van der Waals surface area (Å²) in [5.41, 5.74) is 10.5. The highest BCUT2D eigenvalue weighted by molar-refractivity contribution is 7.80. The number of rotatable bonds is 3. The Kier molecular flexibility index (Phi) is 3.45. The summed E-state index contributed by atoms with van der Waals surface area (Å²) in [6, 6.07) is 12.2. The van der Waals surface area contributed by atoms with Crippen molar-refractivity contribution in [3.05, 3.63) is 58.7 Å². The molecule has 20 heavy (non-hydrogen) atoms. The Morgan fingerprint density at radius 1 is 1.10 bits per heavy atom. The van der Waals surface area contributed by atoms with E-state index in [1.54, 1.807) is 0 Å². The van der Waals surface area contributed by atoms with Crippen molar-refractivity contribution in [1.29, 1.82) is 0 Å². The lowest BCUT2D eigenvalue weighted by atomic mass is 10.1. The second kappa shape index (κ2) is 5.25. The summed E-state index contributed by atoms with van der Waals surface area (Å²) >= 11 is 5.09. The standard InChI is InChI=1S/C17H17NOS/c1-11-5-8-15(17(18)20)16(9-11)19-14-7-6-12-3-2-4-13(12)10-14/h5-10H,2-4H2,1H3,(H2,18,20). The van der Waals surface area contributed by atoms with Gasteiger partial charge in [0.15, 0.2) is 0 Å². The summed E-state index contributed by atoms with van der Waals surface area (Å²) < 4.78 is 6.01. The van der Waals surface area contributed by atoms with Crippen LogP contribution >= 0.6 is 12.2 Å². The Hall–Kier alpha value is -1.87. The lowest BCUT2D eigenvalue weighted by Gasteiger charge is -2.12. The lowest BCUT2D eigenvalue weighted by Crippen LogP contribution is -2.10. The number of fused-ring (bicyclic) bond motifs is 1. The third-order valence-electron chi connectivity index (χ3n) is 3.70. The first-order valence-electron chi connectivity index (χ1n) is 6.83. The van der Waals surface area contributed by atoms with Crippen molar-refractivity contribution in [2.45, 2.75) is 26.2 Å². The van der Waals surface area contributed by atoms with Gasteiger partial charge in [-0.1, -0.05) is 24.4 Å². The molecule has 2 aromatic rings. The molecule has 0 saturated carbocycles. The Morgan fingerprint density at radius 3 is 2.70 bits per heavy atom. The number of hydrogen-bond donors (Lipinski definition) is 1. The molecule has 2 aromatic carbocycles. The molecule has 0 amide bonds. The van der Waals surface area contributed by atoms with Gasteiger partial charge in [0.2, 0.25) is 0 Å². The second-order valence-corrected chi connectivity index (χ2v) is 5.69. The number of ether oxygens (including phenoxy) is 1. The summed E-state index contributed by atoms with van der Waals surface area (Å²) in [6.45, 7) is 2.03. The van der Waals surface area contributed by atoms with Crippen LogP contribution in [0.3, 0.4) is 0 Å². The molecule has 0 saturated heterocycles. The van der Waals surface area contributed by atoms with Gasteiger partial charge in [0, 0.05) is 0 Å². The third-order valence-corrected chi connectivity index (χ3v) is 3.92. The molecule has 0 spiro atoms. The zero-order valence-corrected chi connectivity index (χ0v) is 12.3. The van der Waals surface area contributed by atoms with Gasteiger partial charge in [-0.3, -0.25) is 0 Å². The summed E-state index contributed by atoms with van der Waals surface area (Å²) in [5, 5.41) is 0. The van der Waals surface area contributed by atoms with Crippen molar-refractivity contribution in [3.63, 3.8) is 0 Å². The highest BCUT2D eigenvalue weighted by Gasteiger charge is 2.13. The highest BCUT2D eigenvalue weighted by Crippen LogP contribution is 2.31. The number of nitrogens with two attached hydrogens (primary N) is 1. The molecule has 0 radical (unpaired) electrons. The van der Waals surface area contributed by atoms with Gasteiger partial charge >= 0.3 is 0 Å². The molecule has 0 aliphatic heterocycles. The Bertz CT molecular complexity index is 679. The molecular weight excluding hydrogens is 266 g/mol.